The van der Waals surface area contributed by atoms with E-state index in [-0.39, 0.29) is 18.0 Å². The highest BCUT2D eigenvalue weighted by molar-refractivity contribution is 9.10. The number of para-hydroxylation sites is 1. The molecule has 1 saturated heterocycles. The summed E-state index contributed by atoms with van der Waals surface area (Å²) in [4.78, 5) is 25.3. The van der Waals surface area contributed by atoms with Gasteiger partial charge < -0.3 is 4.74 Å². The third-order valence-corrected chi connectivity index (χ3v) is 4.95. The molecule has 1 aliphatic heterocycles. The quantitative estimate of drug-likeness (QED) is 0.440. The standard InChI is InChI=1S/C23H16BrFN2O3/c24-17-9-10-21(30-14-15-5-4-6-18(25)11-15)16(12-17)13-20-22(28)26-27(23(20)29)19-7-2-1-3-8-19/h1-13H,14H2,(H,26,28)/b20-13-. The molecule has 0 bridgehead atoms. The van der Waals surface area contributed by atoms with Gasteiger partial charge in [-0.15, -0.1) is 0 Å². The van der Waals surface area contributed by atoms with E-state index in [4.69, 9.17) is 4.74 Å². The minimum atomic E-state index is -0.500. The highest BCUT2D eigenvalue weighted by Gasteiger charge is 2.34. The van der Waals surface area contributed by atoms with Crippen molar-refractivity contribution in [2.45, 2.75) is 6.61 Å². The van der Waals surface area contributed by atoms with Crippen LogP contribution in [-0.4, -0.2) is 11.8 Å². The number of hydrogen-bond acceptors (Lipinski definition) is 3. The lowest BCUT2D eigenvalue weighted by molar-refractivity contribution is -0.117. The number of nitrogens with zero attached hydrogens (tertiary/aromatic N) is 1. The summed E-state index contributed by atoms with van der Waals surface area (Å²) in [6.45, 7) is 0.145. The lowest BCUT2D eigenvalue weighted by atomic mass is 10.1. The molecule has 0 aliphatic carbocycles. The maximum absolute atomic E-state index is 13.4. The van der Waals surface area contributed by atoms with Gasteiger partial charge in [-0.05, 0) is 54.1 Å². The van der Waals surface area contributed by atoms with Crippen LogP contribution in [0.3, 0.4) is 0 Å². The van der Waals surface area contributed by atoms with E-state index in [0.717, 1.165) is 4.47 Å². The van der Waals surface area contributed by atoms with Gasteiger partial charge in [0, 0.05) is 10.0 Å². The molecule has 30 heavy (non-hydrogen) atoms. The monoisotopic (exact) mass is 466 g/mol. The molecule has 3 aromatic rings. The SMILES string of the molecule is O=C1NN(c2ccccc2)C(=O)/C1=C\c1cc(Br)ccc1OCc1cccc(F)c1. The Morgan fingerprint density at radius 2 is 1.80 bits per heavy atom. The van der Waals surface area contributed by atoms with Crippen LogP contribution in [0, 0.1) is 5.82 Å². The summed E-state index contributed by atoms with van der Waals surface area (Å²) in [7, 11) is 0. The average Bonchev–Trinajstić information content (AvgIpc) is 3.02. The van der Waals surface area contributed by atoms with Crippen molar-refractivity contribution in [1.29, 1.82) is 0 Å². The molecule has 0 unspecified atom stereocenters. The summed E-state index contributed by atoms with van der Waals surface area (Å²) in [6, 6.07) is 20.2. The first kappa shape index (κ1) is 19.8. The second-order valence-corrected chi connectivity index (χ2v) is 7.49. The molecule has 0 aromatic heterocycles. The topological polar surface area (TPSA) is 58.6 Å². The second-order valence-electron chi connectivity index (χ2n) is 6.58. The highest BCUT2D eigenvalue weighted by atomic mass is 79.9. The Bertz CT molecular complexity index is 1150. The van der Waals surface area contributed by atoms with E-state index in [1.165, 1.54) is 23.2 Å². The van der Waals surface area contributed by atoms with E-state index in [1.807, 2.05) is 6.07 Å². The van der Waals surface area contributed by atoms with Crippen LogP contribution in [-0.2, 0) is 16.2 Å². The van der Waals surface area contributed by atoms with Crippen LogP contribution in [0.2, 0.25) is 0 Å². The van der Waals surface area contributed by atoms with E-state index >= 15 is 0 Å². The van der Waals surface area contributed by atoms with Gasteiger partial charge in [0.05, 0.1) is 5.69 Å². The van der Waals surface area contributed by atoms with Gasteiger partial charge in [0.1, 0.15) is 23.7 Å². The number of halogens is 2. The summed E-state index contributed by atoms with van der Waals surface area (Å²) in [6.07, 6.45) is 1.49. The Morgan fingerprint density at radius 1 is 1.00 bits per heavy atom. The Hall–Kier alpha value is -3.45. The fraction of sp³-hybridized carbons (Fsp3) is 0.0435. The normalized spacial score (nSPS) is 14.9. The summed E-state index contributed by atoms with van der Waals surface area (Å²) >= 11 is 3.40. The van der Waals surface area contributed by atoms with Crippen molar-refractivity contribution in [1.82, 2.24) is 5.43 Å². The Morgan fingerprint density at radius 3 is 2.57 bits per heavy atom. The van der Waals surface area contributed by atoms with Crippen molar-refractivity contribution in [2.75, 3.05) is 5.01 Å². The van der Waals surface area contributed by atoms with Crippen molar-refractivity contribution in [3.63, 3.8) is 0 Å². The number of nitrogens with one attached hydrogen (secondary N) is 1. The fourth-order valence-electron chi connectivity index (χ4n) is 3.02. The van der Waals surface area contributed by atoms with Crippen LogP contribution >= 0.6 is 15.9 Å². The van der Waals surface area contributed by atoms with E-state index in [2.05, 4.69) is 21.4 Å². The number of amides is 2. The van der Waals surface area contributed by atoms with Crippen LogP contribution in [0.1, 0.15) is 11.1 Å². The summed E-state index contributed by atoms with van der Waals surface area (Å²) in [5.74, 6) is -0.834. The number of carbonyl (C=O) groups excluding carboxylic acids is 2. The predicted molar refractivity (Wildman–Crippen MR) is 115 cm³/mol. The molecule has 3 aromatic carbocycles. The number of ether oxygens (including phenoxy) is 1. The number of hydrazine groups is 1. The van der Waals surface area contributed by atoms with Crippen LogP contribution in [0.25, 0.3) is 6.08 Å². The zero-order valence-corrected chi connectivity index (χ0v) is 17.2. The molecule has 1 N–H and O–H groups in total. The molecular weight excluding hydrogens is 451 g/mol. The maximum atomic E-state index is 13.4. The van der Waals surface area contributed by atoms with E-state index < -0.39 is 11.8 Å². The van der Waals surface area contributed by atoms with Gasteiger partial charge in [0.25, 0.3) is 11.8 Å². The maximum Gasteiger partial charge on any atom is 0.282 e. The lowest BCUT2D eigenvalue weighted by Gasteiger charge is -2.14. The summed E-state index contributed by atoms with van der Waals surface area (Å²) < 4.78 is 20.0. The molecule has 150 valence electrons. The van der Waals surface area contributed by atoms with Gasteiger partial charge in [-0.2, -0.15) is 0 Å². The number of benzene rings is 3. The number of hydrogen-bond donors (Lipinski definition) is 1. The third kappa shape index (κ3) is 4.26. The largest absolute Gasteiger partial charge is 0.488 e. The molecule has 0 saturated carbocycles. The molecule has 5 nitrogen and oxygen atoms in total. The molecule has 1 fully saturated rings. The van der Waals surface area contributed by atoms with E-state index in [1.54, 1.807) is 54.6 Å². The van der Waals surface area contributed by atoms with E-state index in [0.29, 0.717) is 22.6 Å². The second kappa shape index (κ2) is 8.51. The lowest BCUT2D eigenvalue weighted by Crippen LogP contribution is -2.35. The van der Waals surface area contributed by atoms with Crippen molar-refractivity contribution >= 4 is 39.5 Å². The smallest absolute Gasteiger partial charge is 0.282 e. The molecule has 2 amide bonds. The minimum absolute atomic E-state index is 0.00689. The van der Waals surface area contributed by atoms with Gasteiger partial charge in [0.15, 0.2) is 0 Å². The van der Waals surface area contributed by atoms with Gasteiger partial charge in [-0.1, -0.05) is 46.3 Å². The van der Waals surface area contributed by atoms with E-state index in [9.17, 15) is 14.0 Å². The third-order valence-electron chi connectivity index (χ3n) is 4.46. The molecule has 7 heteroatoms. The van der Waals surface area contributed by atoms with Gasteiger partial charge in [-0.25, -0.2) is 9.40 Å². The zero-order chi connectivity index (χ0) is 21.1. The van der Waals surface area contributed by atoms with Crippen LogP contribution in [0.15, 0.2) is 82.8 Å². The number of carbonyl (C=O) groups is 2. The molecule has 1 heterocycles. The molecule has 0 spiro atoms. The molecule has 1 aliphatic rings. The van der Waals surface area contributed by atoms with Crippen molar-refractivity contribution in [3.8, 4) is 5.75 Å². The van der Waals surface area contributed by atoms with Gasteiger partial charge in [0.2, 0.25) is 0 Å². The van der Waals surface area contributed by atoms with Crippen LogP contribution in [0.4, 0.5) is 10.1 Å². The van der Waals surface area contributed by atoms with Crippen molar-refractivity contribution in [2.24, 2.45) is 0 Å². The number of anilines is 1. The minimum Gasteiger partial charge on any atom is -0.488 e. The predicted octanol–water partition coefficient (Wildman–Crippen LogP) is 4.63. The Labute approximate surface area is 180 Å². The highest BCUT2D eigenvalue weighted by Crippen LogP contribution is 2.28. The average molecular weight is 467 g/mol. The molecule has 0 atom stereocenters. The summed E-state index contributed by atoms with van der Waals surface area (Å²) in [5.41, 5.74) is 4.35. The van der Waals surface area contributed by atoms with Crippen LogP contribution in [0.5, 0.6) is 5.75 Å². The molecule has 4 rings (SSSR count). The number of rotatable bonds is 5. The first-order valence-corrected chi connectivity index (χ1v) is 9.89. The van der Waals surface area contributed by atoms with Gasteiger partial charge >= 0.3 is 0 Å². The van der Waals surface area contributed by atoms with Crippen LogP contribution < -0.4 is 15.2 Å². The first-order valence-electron chi connectivity index (χ1n) is 9.10. The Kier molecular flexibility index (Phi) is 5.63. The fourth-order valence-corrected chi connectivity index (χ4v) is 3.40. The van der Waals surface area contributed by atoms with Gasteiger partial charge in [-0.3, -0.25) is 15.0 Å². The first-order chi connectivity index (χ1) is 14.5. The van der Waals surface area contributed by atoms with Crippen molar-refractivity contribution in [3.05, 3.63) is 99.8 Å². The molecular formula is C23H16BrFN2O3. The zero-order valence-electron chi connectivity index (χ0n) is 15.6. The summed E-state index contributed by atoms with van der Waals surface area (Å²) in [5, 5.41) is 1.21. The Balaban J connectivity index is 1.62. The molecule has 0 radical (unpaired) electrons. The van der Waals surface area contributed by atoms with Crippen molar-refractivity contribution < 1.29 is 18.7 Å².